The number of nitrogens with zero attached hydrogens (tertiary/aromatic N) is 1. The first-order valence-corrected chi connectivity index (χ1v) is 6.79. The zero-order valence-corrected chi connectivity index (χ0v) is 10.9. The Hall–Kier alpha value is -0.690. The molecule has 1 saturated carbocycles. The Morgan fingerprint density at radius 3 is 2.65 bits per heavy atom. The third-order valence-electron chi connectivity index (χ3n) is 3.45. The standard InChI is InChI=1S/C13H12ClNOS/c14-10-2-1-3-11(4-10)17-13(7-15)5-12(6-13)8-16-9-12/h1-4H,5-6,8-9H2. The molecule has 2 aliphatic rings. The predicted molar refractivity (Wildman–Crippen MR) is 68.1 cm³/mol. The number of nitriles is 1. The Balaban J connectivity index is 1.74. The lowest BCUT2D eigenvalue weighted by atomic mass is 9.60. The van der Waals surface area contributed by atoms with Crippen LogP contribution in [-0.2, 0) is 4.74 Å². The predicted octanol–water partition coefficient (Wildman–Crippen LogP) is 3.50. The first-order chi connectivity index (χ1) is 8.15. The lowest BCUT2D eigenvalue weighted by Crippen LogP contribution is -2.59. The molecule has 0 aromatic heterocycles. The van der Waals surface area contributed by atoms with E-state index in [1.54, 1.807) is 11.8 Å². The molecule has 1 aliphatic heterocycles. The van der Waals surface area contributed by atoms with Gasteiger partial charge in [-0.05, 0) is 31.0 Å². The van der Waals surface area contributed by atoms with Crippen LogP contribution >= 0.6 is 23.4 Å². The summed E-state index contributed by atoms with van der Waals surface area (Å²) in [6, 6.07) is 10.2. The van der Waals surface area contributed by atoms with Gasteiger partial charge in [0.2, 0.25) is 0 Å². The van der Waals surface area contributed by atoms with Crippen LogP contribution < -0.4 is 0 Å². The van der Waals surface area contributed by atoms with Gasteiger partial charge in [0.25, 0.3) is 0 Å². The van der Waals surface area contributed by atoms with Crippen molar-refractivity contribution in [2.24, 2.45) is 5.41 Å². The summed E-state index contributed by atoms with van der Waals surface area (Å²) in [7, 11) is 0. The summed E-state index contributed by atoms with van der Waals surface area (Å²) in [4.78, 5) is 1.08. The van der Waals surface area contributed by atoms with Crippen molar-refractivity contribution in [1.29, 1.82) is 5.26 Å². The van der Waals surface area contributed by atoms with Gasteiger partial charge in [-0.15, -0.1) is 11.8 Å². The quantitative estimate of drug-likeness (QED) is 0.820. The van der Waals surface area contributed by atoms with E-state index in [0.29, 0.717) is 5.41 Å². The number of ether oxygens (including phenoxy) is 1. The Bertz CT molecular complexity index is 484. The zero-order valence-electron chi connectivity index (χ0n) is 9.28. The van der Waals surface area contributed by atoms with E-state index in [-0.39, 0.29) is 4.75 Å². The fourth-order valence-electron chi connectivity index (χ4n) is 2.68. The van der Waals surface area contributed by atoms with Gasteiger partial charge >= 0.3 is 0 Å². The molecule has 1 aliphatic carbocycles. The van der Waals surface area contributed by atoms with Crippen molar-refractivity contribution in [2.45, 2.75) is 22.5 Å². The Labute approximate surface area is 110 Å². The minimum absolute atomic E-state index is 0.269. The van der Waals surface area contributed by atoms with Gasteiger partial charge in [0.05, 0.1) is 19.3 Å². The van der Waals surface area contributed by atoms with Gasteiger partial charge in [0.15, 0.2) is 0 Å². The molecule has 1 saturated heterocycles. The number of hydrogen-bond donors (Lipinski definition) is 0. The third kappa shape index (κ3) is 1.95. The van der Waals surface area contributed by atoms with Crippen LogP contribution in [0.5, 0.6) is 0 Å². The third-order valence-corrected chi connectivity index (χ3v) is 4.95. The average molecular weight is 266 g/mol. The summed E-state index contributed by atoms with van der Waals surface area (Å²) in [5, 5.41) is 10.1. The first-order valence-electron chi connectivity index (χ1n) is 5.59. The van der Waals surface area contributed by atoms with E-state index >= 15 is 0 Å². The number of halogens is 1. The van der Waals surface area contributed by atoms with E-state index in [0.717, 1.165) is 36.0 Å². The van der Waals surface area contributed by atoms with Crippen molar-refractivity contribution in [3.63, 3.8) is 0 Å². The molecule has 1 aromatic rings. The van der Waals surface area contributed by atoms with Crippen molar-refractivity contribution in [3.05, 3.63) is 29.3 Å². The van der Waals surface area contributed by atoms with E-state index in [1.165, 1.54) is 0 Å². The SMILES string of the molecule is N#CC1(Sc2cccc(Cl)c2)CC2(COC2)C1. The summed E-state index contributed by atoms with van der Waals surface area (Å²) >= 11 is 7.60. The highest BCUT2D eigenvalue weighted by Crippen LogP contribution is 2.60. The number of thioether (sulfide) groups is 1. The van der Waals surface area contributed by atoms with Crippen molar-refractivity contribution in [3.8, 4) is 6.07 Å². The maximum absolute atomic E-state index is 9.37. The molecule has 0 unspecified atom stereocenters. The van der Waals surface area contributed by atoms with Crippen LogP contribution in [-0.4, -0.2) is 18.0 Å². The average Bonchev–Trinajstić information content (AvgIpc) is 2.20. The minimum Gasteiger partial charge on any atom is -0.380 e. The van der Waals surface area contributed by atoms with Crippen molar-refractivity contribution >= 4 is 23.4 Å². The molecule has 1 spiro atoms. The second-order valence-electron chi connectivity index (χ2n) is 5.01. The zero-order chi connectivity index (χ0) is 11.9. The van der Waals surface area contributed by atoms with Gasteiger partial charge < -0.3 is 4.74 Å². The normalized spacial score (nSPS) is 23.5. The molecule has 0 radical (unpaired) electrons. The molecule has 0 atom stereocenters. The van der Waals surface area contributed by atoms with Crippen LogP contribution in [0.3, 0.4) is 0 Å². The first kappa shape index (κ1) is 11.4. The smallest absolute Gasteiger partial charge is 0.108 e. The number of rotatable bonds is 2. The highest BCUT2D eigenvalue weighted by atomic mass is 35.5. The fourth-order valence-corrected chi connectivity index (χ4v) is 4.53. The summed E-state index contributed by atoms with van der Waals surface area (Å²) < 4.78 is 4.98. The number of benzene rings is 1. The molecule has 2 nitrogen and oxygen atoms in total. The lowest BCUT2D eigenvalue weighted by molar-refractivity contribution is -0.161. The molecule has 0 amide bonds. The van der Waals surface area contributed by atoms with Crippen LogP contribution in [0.15, 0.2) is 29.2 Å². The van der Waals surface area contributed by atoms with Crippen molar-refractivity contribution in [1.82, 2.24) is 0 Å². The highest BCUT2D eigenvalue weighted by Gasteiger charge is 2.59. The lowest BCUT2D eigenvalue weighted by Gasteiger charge is -2.56. The largest absolute Gasteiger partial charge is 0.380 e. The fraction of sp³-hybridized carbons (Fsp3) is 0.462. The van der Waals surface area contributed by atoms with Gasteiger partial charge in [-0.2, -0.15) is 5.26 Å². The maximum Gasteiger partial charge on any atom is 0.108 e. The van der Waals surface area contributed by atoms with Crippen LogP contribution in [0.4, 0.5) is 0 Å². The Morgan fingerprint density at radius 1 is 1.35 bits per heavy atom. The van der Waals surface area contributed by atoms with Crippen LogP contribution in [0, 0.1) is 16.7 Å². The van der Waals surface area contributed by atoms with E-state index in [4.69, 9.17) is 16.3 Å². The van der Waals surface area contributed by atoms with Gasteiger partial charge in [-0.1, -0.05) is 17.7 Å². The minimum atomic E-state index is -0.269. The van der Waals surface area contributed by atoms with Crippen molar-refractivity contribution < 1.29 is 4.74 Å². The van der Waals surface area contributed by atoms with Gasteiger partial charge in [0, 0.05) is 15.3 Å². The van der Waals surface area contributed by atoms with Gasteiger partial charge in [-0.25, -0.2) is 0 Å². The Morgan fingerprint density at radius 2 is 2.12 bits per heavy atom. The van der Waals surface area contributed by atoms with Crippen LogP contribution in [0.2, 0.25) is 5.02 Å². The maximum atomic E-state index is 9.37. The molecule has 1 aromatic carbocycles. The second-order valence-corrected chi connectivity index (χ2v) is 6.91. The van der Waals surface area contributed by atoms with Gasteiger partial charge in [-0.3, -0.25) is 0 Å². The summed E-state index contributed by atoms with van der Waals surface area (Å²) in [6.45, 7) is 1.65. The molecule has 2 fully saturated rings. The molecule has 3 rings (SSSR count). The van der Waals surface area contributed by atoms with E-state index in [2.05, 4.69) is 6.07 Å². The summed E-state index contributed by atoms with van der Waals surface area (Å²) in [6.07, 6.45) is 1.88. The molecular weight excluding hydrogens is 254 g/mol. The highest BCUT2D eigenvalue weighted by molar-refractivity contribution is 8.01. The molecule has 4 heteroatoms. The van der Waals surface area contributed by atoms with E-state index in [9.17, 15) is 5.26 Å². The molecule has 17 heavy (non-hydrogen) atoms. The molecule has 0 N–H and O–H groups in total. The van der Waals surface area contributed by atoms with E-state index < -0.39 is 0 Å². The second kappa shape index (κ2) is 3.91. The van der Waals surface area contributed by atoms with E-state index in [1.807, 2.05) is 24.3 Å². The summed E-state index contributed by atoms with van der Waals surface area (Å²) in [5.74, 6) is 0. The van der Waals surface area contributed by atoms with Crippen LogP contribution in [0.25, 0.3) is 0 Å². The summed E-state index contributed by atoms with van der Waals surface area (Å²) in [5.41, 5.74) is 0.307. The molecule has 88 valence electrons. The van der Waals surface area contributed by atoms with Crippen molar-refractivity contribution in [2.75, 3.05) is 13.2 Å². The van der Waals surface area contributed by atoms with Crippen LogP contribution in [0.1, 0.15) is 12.8 Å². The topological polar surface area (TPSA) is 33.0 Å². The Kier molecular flexibility index (Phi) is 2.62. The molecule has 0 bridgehead atoms. The molecule has 1 heterocycles. The van der Waals surface area contributed by atoms with Gasteiger partial charge in [0.1, 0.15) is 4.75 Å². The molecular formula is C13H12ClNOS. The number of hydrogen-bond acceptors (Lipinski definition) is 3. The monoisotopic (exact) mass is 265 g/mol.